The van der Waals surface area contributed by atoms with Gasteiger partial charge in [-0.05, 0) is 49.6 Å². The first-order valence-electron chi connectivity index (χ1n) is 8.83. The summed E-state index contributed by atoms with van der Waals surface area (Å²) in [6.45, 7) is 4.49. The summed E-state index contributed by atoms with van der Waals surface area (Å²) < 4.78 is 5.27. The second-order valence-corrected chi connectivity index (χ2v) is 6.25. The lowest BCUT2D eigenvalue weighted by Gasteiger charge is -2.21. The van der Waals surface area contributed by atoms with Gasteiger partial charge in [0.2, 0.25) is 5.91 Å². The number of carbonyl (C=O) groups is 1. The van der Waals surface area contributed by atoms with Crippen molar-refractivity contribution in [3.8, 4) is 0 Å². The Morgan fingerprint density at radius 3 is 2.62 bits per heavy atom. The molecule has 0 unspecified atom stereocenters. The summed E-state index contributed by atoms with van der Waals surface area (Å²) in [6.07, 6.45) is 3.35. The number of ether oxygens (including phenoxy) is 1. The molecule has 0 spiro atoms. The molecule has 3 heterocycles. The van der Waals surface area contributed by atoms with Crippen LogP contribution in [-0.4, -0.2) is 47.4 Å². The van der Waals surface area contributed by atoms with E-state index in [0.717, 1.165) is 24.2 Å². The highest BCUT2D eigenvalue weighted by atomic mass is 16.5. The van der Waals surface area contributed by atoms with Gasteiger partial charge in [0.15, 0.2) is 5.82 Å². The van der Waals surface area contributed by atoms with Crippen LogP contribution < -0.4 is 16.0 Å². The zero-order valence-electron chi connectivity index (χ0n) is 14.9. The van der Waals surface area contributed by atoms with E-state index in [4.69, 9.17) is 4.74 Å². The number of nitrogens with zero attached hydrogens (tertiary/aromatic N) is 3. The van der Waals surface area contributed by atoms with Crippen molar-refractivity contribution in [2.24, 2.45) is 5.92 Å². The van der Waals surface area contributed by atoms with Gasteiger partial charge in [-0.3, -0.25) is 4.79 Å². The summed E-state index contributed by atoms with van der Waals surface area (Å²) in [4.78, 5) is 16.2. The van der Waals surface area contributed by atoms with Crippen LogP contribution in [0.25, 0.3) is 0 Å². The number of nitrogens with one attached hydrogen (secondary N) is 3. The molecule has 0 aromatic carbocycles. The van der Waals surface area contributed by atoms with Gasteiger partial charge < -0.3 is 20.7 Å². The lowest BCUT2D eigenvalue weighted by atomic mass is 9.99. The van der Waals surface area contributed by atoms with Gasteiger partial charge in [-0.1, -0.05) is 0 Å². The SMILES string of the molecule is Cc1ccnc(Nc2ccc(NCCNC(=O)C3CCOCC3)nn2)c1. The van der Waals surface area contributed by atoms with Crippen molar-refractivity contribution < 1.29 is 9.53 Å². The van der Waals surface area contributed by atoms with Gasteiger partial charge in [0, 0.05) is 38.4 Å². The van der Waals surface area contributed by atoms with Crippen molar-refractivity contribution in [1.29, 1.82) is 0 Å². The van der Waals surface area contributed by atoms with Crippen LogP contribution in [0.1, 0.15) is 18.4 Å². The molecule has 3 rings (SSSR count). The smallest absolute Gasteiger partial charge is 0.223 e. The van der Waals surface area contributed by atoms with Crippen molar-refractivity contribution in [3.05, 3.63) is 36.0 Å². The molecule has 0 atom stereocenters. The van der Waals surface area contributed by atoms with Gasteiger partial charge in [0.05, 0.1) is 0 Å². The maximum Gasteiger partial charge on any atom is 0.223 e. The molecule has 0 radical (unpaired) electrons. The number of rotatable bonds is 7. The number of aromatic nitrogens is 3. The van der Waals surface area contributed by atoms with E-state index in [-0.39, 0.29) is 11.8 Å². The number of carbonyl (C=O) groups excluding carboxylic acids is 1. The fourth-order valence-electron chi connectivity index (χ4n) is 2.71. The minimum atomic E-state index is 0.0733. The predicted octanol–water partition coefficient (Wildman–Crippen LogP) is 1.88. The van der Waals surface area contributed by atoms with Gasteiger partial charge in [0.25, 0.3) is 0 Å². The third kappa shape index (κ3) is 5.38. The summed E-state index contributed by atoms with van der Waals surface area (Å²) in [5, 5.41) is 17.5. The molecule has 1 amide bonds. The normalized spacial score (nSPS) is 14.7. The summed E-state index contributed by atoms with van der Waals surface area (Å²) in [7, 11) is 0. The molecule has 1 aliphatic rings. The Morgan fingerprint density at radius 2 is 1.88 bits per heavy atom. The third-order valence-electron chi connectivity index (χ3n) is 4.16. The monoisotopic (exact) mass is 356 g/mol. The van der Waals surface area contributed by atoms with Crippen molar-refractivity contribution in [1.82, 2.24) is 20.5 Å². The van der Waals surface area contributed by atoms with Gasteiger partial charge in [-0.25, -0.2) is 4.98 Å². The Kier molecular flexibility index (Phi) is 6.32. The number of anilines is 3. The summed E-state index contributed by atoms with van der Waals surface area (Å²) >= 11 is 0. The van der Waals surface area contributed by atoms with E-state index in [1.807, 2.05) is 31.2 Å². The van der Waals surface area contributed by atoms with E-state index in [2.05, 4.69) is 31.1 Å². The van der Waals surface area contributed by atoms with Gasteiger partial charge in [0.1, 0.15) is 11.6 Å². The average Bonchev–Trinajstić information content (AvgIpc) is 2.67. The number of aryl methyl sites for hydroxylation is 1. The lowest BCUT2D eigenvalue weighted by molar-refractivity contribution is -0.127. The highest BCUT2D eigenvalue weighted by Crippen LogP contribution is 2.15. The Morgan fingerprint density at radius 1 is 1.12 bits per heavy atom. The zero-order valence-corrected chi connectivity index (χ0v) is 14.9. The molecule has 3 N–H and O–H groups in total. The third-order valence-corrected chi connectivity index (χ3v) is 4.16. The molecule has 2 aromatic heterocycles. The van der Waals surface area contributed by atoms with E-state index in [1.54, 1.807) is 6.20 Å². The molecule has 0 bridgehead atoms. The predicted molar refractivity (Wildman–Crippen MR) is 99.3 cm³/mol. The number of hydrogen-bond donors (Lipinski definition) is 3. The quantitative estimate of drug-likeness (QED) is 0.651. The van der Waals surface area contributed by atoms with Crippen LogP contribution in [0.15, 0.2) is 30.5 Å². The van der Waals surface area contributed by atoms with Crippen LogP contribution in [0.3, 0.4) is 0 Å². The Balaban J connectivity index is 1.39. The van der Waals surface area contributed by atoms with E-state index in [0.29, 0.717) is 37.9 Å². The summed E-state index contributed by atoms with van der Waals surface area (Å²) in [5.41, 5.74) is 1.12. The second kappa shape index (κ2) is 9.10. The number of pyridine rings is 1. The molecule has 8 nitrogen and oxygen atoms in total. The molecule has 1 saturated heterocycles. The van der Waals surface area contributed by atoms with E-state index >= 15 is 0 Å². The standard InChI is InChI=1S/C18H24N6O2/c1-13-4-7-19-17(12-13)22-16-3-2-15(23-24-16)20-8-9-21-18(25)14-5-10-26-11-6-14/h2-4,7,12,14H,5-6,8-11H2,1H3,(H,20,23)(H,21,25)(H,19,22,24). The van der Waals surface area contributed by atoms with Crippen LogP contribution in [-0.2, 0) is 9.53 Å². The number of amides is 1. The fraction of sp³-hybridized carbons (Fsp3) is 0.444. The van der Waals surface area contributed by atoms with Crippen molar-refractivity contribution in [2.75, 3.05) is 36.9 Å². The molecule has 1 aliphatic heterocycles. The maximum absolute atomic E-state index is 12.0. The molecule has 26 heavy (non-hydrogen) atoms. The molecule has 138 valence electrons. The lowest BCUT2D eigenvalue weighted by Crippen LogP contribution is -2.36. The van der Waals surface area contributed by atoms with Crippen LogP contribution in [0.5, 0.6) is 0 Å². The van der Waals surface area contributed by atoms with Crippen LogP contribution in [0.2, 0.25) is 0 Å². The minimum Gasteiger partial charge on any atom is -0.381 e. The molecule has 2 aromatic rings. The Labute approximate surface area is 152 Å². The average molecular weight is 356 g/mol. The highest BCUT2D eigenvalue weighted by Gasteiger charge is 2.20. The Hall–Kier alpha value is -2.74. The molecular weight excluding hydrogens is 332 g/mol. The first-order chi connectivity index (χ1) is 12.7. The Bertz CT molecular complexity index is 716. The molecular formula is C18H24N6O2. The van der Waals surface area contributed by atoms with Crippen LogP contribution in [0, 0.1) is 12.8 Å². The molecule has 8 heteroatoms. The fourth-order valence-corrected chi connectivity index (χ4v) is 2.71. The van der Waals surface area contributed by atoms with Crippen LogP contribution >= 0.6 is 0 Å². The van der Waals surface area contributed by atoms with Crippen molar-refractivity contribution >= 4 is 23.4 Å². The first kappa shape index (κ1) is 18.1. The largest absolute Gasteiger partial charge is 0.381 e. The maximum atomic E-state index is 12.0. The number of hydrogen-bond acceptors (Lipinski definition) is 7. The van der Waals surface area contributed by atoms with Gasteiger partial charge >= 0.3 is 0 Å². The van der Waals surface area contributed by atoms with E-state index in [9.17, 15) is 4.79 Å². The first-order valence-corrected chi connectivity index (χ1v) is 8.83. The molecule has 0 aliphatic carbocycles. The van der Waals surface area contributed by atoms with Gasteiger partial charge in [-0.2, -0.15) is 0 Å². The molecule has 1 fully saturated rings. The highest BCUT2D eigenvalue weighted by molar-refractivity contribution is 5.78. The van der Waals surface area contributed by atoms with E-state index < -0.39 is 0 Å². The summed E-state index contributed by atoms with van der Waals surface area (Å²) in [6, 6.07) is 7.55. The van der Waals surface area contributed by atoms with Gasteiger partial charge in [-0.15, -0.1) is 10.2 Å². The van der Waals surface area contributed by atoms with E-state index in [1.165, 1.54) is 0 Å². The van der Waals surface area contributed by atoms with Crippen molar-refractivity contribution in [3.63, 3.8) is 0 Å². The second-order valence-electron chi connectivity index (χ2n) is 6.25. The summed E-state index contributed by atoms with van der Waals surface area (Å²) in [5.74, 6) is 2.20. The topological polar surface area (TPSA) is 101 Å². The van der Waals surface area contributed by atoms with Crippen LogP contribution in [0.4, 0.5) is 17.5 Å². The molecule has 0 saturated carbocycles. The van der Waals surface area contributed by atoms with Crippen molar-refractivity contribution in [2.45, 2.75) is 19.8 Å². The zero-order chi connectivity index (χ0) is 18.2. The minimum absolute atomic E-state index is 0.0733.